The predicted octanol–water partition coefficient (Wildman–Crippen LogP) is 3.95. The highest BCUT2D eigenvalue weighted by Crippen LogP contribution is 2.13. The van der Waals surface area contributed by atoms with Crippen molar-refractivity contribution in [2.45, 2.75) is 13.0 Å². The lowest BCUT2D eigenvalue weighted by molar-refractivity contribution is -0.144. The number of ether oxygens (including phenoxy) is 1. The summed E-state index contributed by atoms with van der Waals surface area (Å²) in [5, 5.41) is 5.69. The zero-order chi connectivity index (χ0) is 22.8. The molecule has 164 valence electrons. The van der Waals surface area contributed by atoms with E-state index in [0.29, 0.717) is 10.6 Å². The Morgan fingerprint density at radius 3 is 2.41 bits per heavy atom. The summed E-state index contributed by atoms with van der Waals surface area (Å²) in [5.74, 6) is -1.52. The van der Waals surface area contributed by atoms with Gasteiger partial charge < -0.3 is 19.8 Å². The van der Waals surface area contributed by atoms with Crippen molar-refractivity contribution in [1.82, 2.24) is 10.6 Å². The van der Waals surface area contributed by atoms with Gasteiger partial charge in [-0.3, -0.25) is 14.4 Å². The van der Waals surface area contributed by atoms with E-state index in [1.807, 2.05) is 30.3 Å². The van der Waals surface area contributed by atoms with Crippen LogP contribution in [0.25, 0.3) is 6.08 Å². The Balaban J connectivity index is 1.58. The molecule has 2 amide bonds. The minimum atomic E-state index is -0.576. The summed E-state index contributed by atoms with van der Waals surface area (Å²) < 4.78 is 10.3. The van der Waals surface area contributed by atoms with E-state index in [9.17, 15) is 14.4 Å². The quantitative estimate of drug-likeness (QED) is 0.378. The summed E-state index contributed by atoms with van der Waals surface area (Å²) in [7, 11) is 0. The van der Waals surface area contributed by atoms with Crippen LogP contribution in [0.4, 0.5) is 0 Å². The molecule has 0 aliphatic carbocycles. The molecule has 32 heavy (non-hydrogen) atoms. The standard InChI is InChI=1S/C24H21ClN2O5/c25-19-10-8-17(9-11-19)15-20(27-24(30)21-7-4-14-31-21)23(29)26-13-12-22(28)32-16-18-5-2-1-3-6-18/h1-11,14-15H,12-13,16H2,(H,26,29)(H,27,30). The Hall–Kier alpha value is -3.84. The third-order valence-electron chi connectivity index (χ3n) is 4.28. The molecule has 0 fully saturated rings. The van der Waals surface area contributed by atoms with E-state index in [0.717, 1.165) is 5.56 Å². The molecule has 1 heterocycles. The second-order valence-electron chi connectivity index (χ2n) is 6.69. The fourth-order valence-electron chi connectivity index (χ4n) is 2.66. The third kappa shape index (κ3) is 7.14. The largest absolute Gasteiger partial charge is 0.461 e. The van der Waals surface area contributed by atoms with Crippen molar-refractivity contribution < 1.29 is 23.5 Å². The first-order chi connectivity index (χ1) is 15.5. The van der Waals surface area contributed by atoms with E-state index in [2.05, 4.69) is 10.6 Å². The van der Waals surface area contributed by atoms with Crippen LogP contribution in [0.3, 0.4) is 0 Å². The first-order valence-electron chi connectivity index (χ1n) is 9.81. The van der Waals surface area contributed by atoms with Gasteiger partial charge in [0.05, 0.1) is 12.7 Å². The van der Waals surface area contributed by atoms with E-state index in [1.54, 1.807) is 30.3 Å². The lowest BCUT2D eigenvalue weighted by Gasteiger charge is -2.10. The van der Waals surface area contributed by atoms with Crippen LogP contribution >= 0.6 is 11.6 Å². The zero-order valence-corrected chi connectivity index (χ0v) is 17.8. The average molecular weight is 453 g/mol. The molecule has 1 aromatic heterocycles. The maximum absolute atomic E-state index is 12.7. The minimum Gasteiger partial charge on any atom is -0.461 e. The van der Waals surface area contributed by atoms with Gasteiger partial charge in [0.25, 0.3) is 11.8 Å². The lowest BCUT2D eigenvalue weighted by Crippen LogP contribution is -2.35. The molecule has 0 saturated heterocycles. The Morgan fingerprint density at radius 2 is 1.72 bits per heavy atom. The summed E-state index contributed by atoms with van der Waals surface area (Å²) in [6.07, 6.45) is 2.85. The molecule has 0 radical (unpaired) electrons. The third-order valence-corrected chi connectivity index (χ3v) is 4.53. The van der Waals surface area contributed by atoms with Crippen LogP contribution in [0, 0.1) is 0 Å². The van der Waals surface area contributed by atoms with Crippen molar-refractivity contribution in [3.8, 4) is 0 Å². The zero-order valence-electron chi connectivity index (χ0n) is 17.0. The molecule has 2 N–H and O–H groups in total. The monoisotopic (exact) mass is 452 g/mol. The Labute approximate surface area is 190 Å². The van der Waals surface area contributed by atoms with Crippen molar-refractivity contribution in [2.75, 3.05) is 6.54 Å². The molecule has 7 nitrogen and oxygen atoms in total. The Bertz CT molecular complexity index is 1080. The number of benzene rings is 2. The molecule has 0 aliphatic rings. The fraction of sp³-hybridized carbons (Fsp3) is 0.125. The maximum atomic E-state index is 12.7. The van der Waals surface area contributed by atoms with E-state index < -0.39 is 17.8 Å². The van der Waals surface area contributed by atoms with Crippen LogP contribution in [0.15, 0.2) is 83.1 Å². The second kappa shape index (κ2) is 11.5. The molecule has 0 bridgehead atoms. The van der Waals surface area contributed by atoms with Gasteiger partial charge in [-0.05, 0) is 41.5 Å². The van der Waals surface area contributed by atoms with E-state index >= 15 is 0 Å². The van der Waals surface area contributed by atoms with Crippen LogP contribution in [0.2, 0.25) is 5.02 Å². The van der Waals surface area contributed by atoms with Crippen molar-refractivity contribution in [2.24, 2.45) is 0 Å². The fourth-order valence-corrected chi connectivity index (χ4v) is 2.79. The molecule has 0 atom stereocenters. The van der Waals surface area contributed by atoms with Crippen molar-refractivity contribution in [1.29, 1.82) is 0 Å². The molecular formula is C24H21ClN2O5. The van der Waals surface area contributed by atoms with Crippen molar-refractivity contribution in [3.63, 3.8) is 0 Å². The van der Waals surface area contributed by atoms with Crippen molar-refractivity contribution >= 4 is 35.5 Å². The van der Waals surface area contributed by atoms with Crippen LogP contribution in [-0.2, 0) is 20.9 Å². The van der Waals surface area contributed by atoms with Gasteiger partial charge in [0.2, 0.25) is 0 Å². The topological polar surface area (TPSA) is 97.6 Å². The lowest BCUT2D eigenvalue weighted by atomic mass is 10.2. The molecule has 2 aromatic carbocycles. The summed E-state index contributed by atoms with van der Waals surface area (Å²) in [4.78, 5) is 37.0. The minimum absolute atomic E-state index is 0.00799. The van der Waals surface area contributed by atoms with Gasteiger partial charge in [0, 0.05) is 11.6 Å². The number of nitrogens with one attached hydrogen (secondary N) is 2. The number of hydrogen-bond acceptors (Lipinski definition) is 5. The van der Waals surface area contributed by atoms with Crippen LogP contribution in [-0.4, -0.2) is 24.3 Å². The number of halogens is 1. The average Bonchev–Trinajstić information content (AvgIpc) is 3.34. The second-order valence-corrected chi connectivity index (χ2v) is 7.13. The van der Waals surface area contributed by atoms with Crippen molar-refractivity contribution in [3.05, 3.63) is 101 Å². The molecule has 0 unspecified atom stereocenters. The van der Waals surface area contributed by atoms with Gasteiger partial charge in [-0.1, -0.05) is 54.1 Å². The van der Waals surface area contributed by atoms with Gasteiger partial charge in [-0.15, -0.1) is 0 Å². The van der Waals surface area contributed by atoms with Crippen LogP contribution in [0.1, 0.15) is 28.1 Å². The van der Waals surface area contributed by atoms with Gasteiger partial charge in [-0.25, -0.2) is 0 Å². The van der Waals surface area contributed by atoms with Gasteiger partial charge in [0.1, 0.15) is 12.3 Å². The Kier molecular flexibility index (Phi) is 8.22. The van der Waals surface area contributed by atoms with E-state index in [4.69, 9.17) is 20.8 Å². The van der Waals surface area contributed by atoms with Crippen LogP contribution < -0.4 is 10.6 Å². The molecular weight excluding hydrogens is 432 g/mol. The SMILES string of the molecule is O=C(CCNC(=O)C(=Cc1ccc(Cl)cc1)NC(=O)c1ccco1)OCc1ccccc1. The number of hydrogen-bond donors (Lipinski definition) is 2. The predicted molar refractivity (Wildman–Crippen MR) is 119 cm³/mol. The summed E-state index contributed by atoms with van der Waals surface area (Å²) in [5.41, 5.74) is 1.52. The van der Waals surface area contributed by atoms with Gasteiger partial charge in [-0.2, -0.15) is 0 Å². The Morgan fingerprint density at radius 1 is 0.969 bits per heavy atom. The molecule has 3 rings (SSSR count). The number of carbonyl (C=O) groups is 3. The molecule has 0 spiro atoms. The first-order valence-corrected chi connectivity index (χ1v) is 10.2. The maximum Gasteiger partial charge on any atom is 0.307 e. The molecule has 3 aromatic rings. The number of rotatable bonds is 9. The number of carbonyl (C=O) groups excluding carboxylic acids is 3. The van der Waals surface area contributed by atoms with Crippen LogP contribution in [0.5, 0.6) is 0 Å². The molecule has 0 saturated carbocycles. The summed E-state index contributed by atoms with van der Waals surface area (Å²) in [6, 6.07) is 19.1. The number of amides is 2. The van der Waals surface area contributed by atoms with Gasteiger partial charge in [0.15, 0.2) is 5.76 Å². The normalized spacial score (nSPS) is 11.0. The number of esters is 1. The van der Waals surface area contributed by atoms with E-state index in [-0.39, 0.29) is 31.0 Å². The molecule has 8 heteroatoms. The molecule has 0 aliphatic heterocycles. The highest BCUT2D eigenvalue weighted by molar-refractivity contribution is 6.30. The summed E-state index contributed by atoms with van der Waals surface area (Å²) >= 11 is 5.90. The first kappa shape index (κ1) is 22.8. The summed E-state index contributed by atoms with van der Waals surface area (Å²) in [6.45, 7) is 0.204. The number of furan rings is 1. The van der Waals surface area contributed by atoms with E-state index in [1.165, 1.54) is 18.4 Å². The highest BCUT2D eigenvalue weighted by Gasteiger charge is 2.16. The highest BCUT2D eigenvalue weighted by atomic mass is 35.5. The van der Waals surface area contributed by atoms with Gasteiger partial charge >= 0.3 is 5.97 Å². The smallest absolute Gasteiger partial charge is 0.307 e.